The van der Waals surface area contributed by atoms with Gasteiger partial charge in [0, 0.05) is 23.6 Å². The van der Waals surface area contributed by atoms with Crippen LogP contribution in [-0.4, -0.2) is 35.5 Å². The van der Waals surface area contributed by atoms with Crippen LogP contribution in [0.25, 0.3) is 11.0 Å². The number of hydrogen-bond donors (Lipinski definition) is 1. The van der Waals surface area contributed by atoms with Crippen LogP contribution < -0.4 is 4.74 Å². The molecule has 0 saturated carbocycles. The van der Waals surface area contributed by atoms with E-state index in [9.17, 15) is 13.2 Å². The van der Waals surface area contributed by atoms with E-state index in [4.69, 9.17) is 4.74 Å². The molecular weight excluding hydrogens is 426 g/mol. The monoisotopic (exact) mass is 449 g/mol. The molecule has 1 N–H and O–H groups in total. The summed E-state index contributed by atoms with van der Waals surface area (Å²) in [4.78, 5) is 17.1. The Morgan fingerprint density at radius 1 is 1.00 bits per heavy atom. The lowest BCUT2D eigenvalue weighted by Gasteiger charge is -2.10. The van der Waals surface area contributed by atoms with Gasteiger partial charge in [0.05, 0.1) is 22.1 Å². The van der Waals surface area contributed by atoms with Crippen molar-refractivity contribution < 1.29 is 17.9 Å². The molecule has 0 saturated heterocycles. The molecule has 0 bridgehead atoms. The average Bonchev–Trinajstić information content (AvgIpc) is 3.25. The van der Waals surface area contributed by atoms with Crippen LogP contribution in [0.15, 0.2) is 76.8 Å². The van der Waals surface area contributed by atoms with Gasteiger partial charge in [-0.3, -0.25) is 9.89 Å². The number of sulfone groups is 1. The van der Waals surface area contributed by atoms with Crippen LogP contribution in [-0.2, 0) is 16.3 Å². The van der Waals surface area contributed by atoms with Gasteiger partial charge < -0.3 is 4.74 Å². The van der Waals surface area contributed by atoms with Crippen molar-refractivity contribution in [1.29, 1.82) is 0 Å². The Hall–Kier alpha value is -3.52. The standard InChI is InChI=1S/C24H23N3O4S/c1-16(2)31-20-6-10-22(11-7-20)32(29,30)21-8-3-17(4-9-21)5-12-23(28)18-13-19-15-26-27-24(19)25-14-18/h3-4,6-11,13-16H,5,12H2,1-2H3,(H,25,26,27). The molecule has 0 aliphatic heterocycles. The number of aromatic amines is 1. The summed E-state index contributed by atoms with van der Waals surface area (Å²) in [5.41, 5.74) is 2.05. The van der Waals surface area contributed by atoms with Gasteiger partial charge in [-0.2, -0.15) is 5.10 Å². The van der Waals surface area contributed by atoms with Gasteiger partial charge in [0.2, 0.25) is 9.84 Å². The van der Waals surface area contributed by atoms with E-state index in [-0.39, 0.29) is 21.7 Å². The minimum absolute atomic E-state index is 0.0155. The molecule has 0 aliphatic rings. The largest absolute Gasteiger partial charge is 0.491 e. The number of hydrogen-bond acceptors (Lipinski definition) is 6. The summed E-state index contributed by atoms with van der Waals surface area (Å²) < 4.78 is 31.4. The van der Waals surface area contributed by atoms with Gasteiger partial charge in [-0.1, -0.05) is 12.1 Å². The fourth-order valence-electron chi connectivity index (χ4n) is 3.33. The van der Waals surface area contributed by atoms with Crippen molar-refractivity contribution in [2.75, 3.05) is 0 Å². The van der Waals surface area contributed by atoms with Gasteiger partial charge in [-0.05, 0) is 68.3 Å². The third-order valence-electron chi connectivity index (χ3n) is 4.99. The van der Waals surface area contributed by atoms with E-state index >= 15 is 0 Å². The van der Waals surface area contributed by atoms with Crippen LogP contribution in [0.3, 0.4) is 0 Å². The van der Waals surface area contributed by atoms with E-state index in [1.54, 1.807) is 60.8 Å². The summed E-state index contributed by atoms with van der Waals surface area (Å²) in [5, 5.41) is 7.45. The number of rotatable bonds is 8. The second-order valence-corrected chi connectivity index (χ2v) is 9.69. The van der Waals surface area contributed by atoms with E-state index in [1.807, 2.05) is 13.8 Å². The van der Waals surface area contributed by atoms with E-state index in [0.29, 0.717) is 29.8 Å². The zero-order valence-corrected chi connectivity index (χ0v) is 18.6. The number of ketones is 1. The maximum atomic E-state index is 12.9. The average molecular weight is 450 g/mol. The maximum absolute atomic E-state index is 12.9. The molecular formula is C24H23N3O4S. The highest BCUT2D eigenvalue weighted by atomic mass is 32.2. The maximum Gasteiger partial charge on any atom is 0.206 e. The van der Waals surface area contributed by atoms with Crippen molar-refractivity contribution in [3.05, 3.63) is 78.1 Å². The molecule has 2 aromatic heterocycles. The Balaban J connectivity index is 1.42. The van der Waals surface area contributed by atoms with E-state index < -0.39 is 9.84 Å². The van der Waals surface area contributed by atoms with Crippen molar-refractivity contribution >= 4 is 26.7 Å². The number of aryl methyl sites for hydroxylation is 1. The fourth-order valence-corrected chi connectivity index (χ4v) is 4.59. The van der Waals surface area contributed by atoms with Crippen molar-refractivity contribution in [2.45, 2.75) is 42.6 Å². The van der Waals surface area contributed by atoms with Crippen LogP contribution in [0.2, 0.25) is 0 Å². The molecule has 7 nitrogen and oxygen atoms in total. The zero-order chi connectivity index (χ0) is 22.7. The second kappa shape index (κ2) is 8.92. The quantitative estimate of drug-likeness (QED) is 0.400. The first-order valence-electron chi connectivity index (χ1n) is 10.3. The number of nitrogens with one attached hydrogen (secondary N) is 1. The van der Waals surface area contributed by atoms with Gasteiger partial charge in [0.15, 0.2) is 11.4 Å². The number of Topliss-reactive ketones (excluding diaryl/α,β-unsaturated/α-hetero) is 1. The van der Waals surface area contributed by atoms with Crippen molar-refractivity contribution in [3.8, 4) is 5.75 Å². The third kappa shape index (κ3) is 4.70. The molecule has 2 heterocycles. The van der Waals surface area contributed by atoms with Gasteiger partial charge in [0.25, 0.3) is 0 Å². The summed E-state index contributed by atoms with van der Waals surface area (Å²) in [5.74, 6) is 0.599. The molecule has 4 aromatic rings. The lowest BCUT2D eigenvalue weighted by Crippen LogP contribution is -2.06. The topological polar surface area (TPSA) is 102 Å². The molecule has 4 rings (SSSR count). The lowest BCUT2D eigenvalue weighted by atomic mass is 10.0. The predicted octanol–water partition coefficient (Wildman–Crippen LogP) is 4.39. The van der Waals surface area contributed by atoms with Gasteiger partial charge in [-0.25, -0.2) is 13.4 Å². The minimum Gasteiger partial charge on any atom is -0.491 e. The highest BCUT2D eigenvalue weighted by molar-refractivity contribution is 7.91. The fraction of sp³-hybridized carbons (Fsp3) is 0.208. The first-order chi connectivity index (χ1) is 15.3. The molecule has 32 heavy (non-hydrogen) atoms. The number of H-pyrrole nitrogens is 1. The van der Waals surface area contributed by atoms with Crippen molar-refractivity contribution in [1.82, 2.24) is 15.2 Å². The van der Waals surface area contributed by atoms with E-state index in [0.717, 1.165) is 10.9 Å². The highest BCUT2D eigenvalue weighted by Crippen LogP contribution is 2.24. The molecule has 0 amide bonds. The number of carbonyl (C=O) groups is 1. The van der Waals surface area contributed by atoms with Crippen LogP contribution in [0.1, 0.15) is 36.2 Å². The van der Waals surface area contributed by atoms with E-state index in [1.165, 1.54) is 6.20 Å². The van der Waals surface area contributed by atoms with Crippen molar-refractivity contribution in [3.63, 3.8) is 0 Å². The number of fused-ring (bicyclic) bond motifs is 1. The number of aromatic nitrogens is 3. The zero-order valence-electron chi connectivity index (χ0n) is 17.8. The summed E-state index contributed by atoms with van der Waals surface area (Å²) in [7, 11) is -3.63. The molecule has 0 radical (unpaired) electrons. The molecule has 8 heteroatoms. The van der Waals surface area contributed by atoms with Gasteiger partial charge >= 0.3 is 0 Å². The van der Waals surface area contributed by atoms with Crippen molar-refractivity contribution in [2.24, 2.45) is 0 Å². The number of benzene rings is 2. The Morgan fingerprint density at radius 2 is 1.66 bits per heavy atom. The SMILES string of the molecule is CC(C)Oc1ccc(S(=O)(=O)c2ccc(CCC(=O)c3cnc4[nH]ncc4c3)cc2)cc1. The van der Waals surface area contributed by atoms with Crippen LogP contribution in [0, 0.1) is 0 Å². The lowest BCUT2D eigenvalue weighted by molar-refractivity contribution is 0.0982. The van der Waals surface area contributed by atoms with Crippen LogP contribution >= 0.6 is 0 Å². The number of carbonyl (C=O) groups excluding carboxylic acids is 1. The number of ether oxygens (including phenoxy) is 1. The summed E-state index contributed by atoms with van der Waals surface area (Å²) in [6.45, 7) is 3.82. The van der Waals surface area contributed by atoms with Gasteiger partial charge in [0.1, 0.15) is 5.75 Å². The molecule has 164 valence electrons. The summed E-state index contributed by atoms with van der Waals surface area (Å²) >= 11 is 0. The molecule has 2 aromatic carbocycles. The second-order valence-electron chi connectivity index (χ2n) is 7.74. The smallest absolute Gasteiger partial charge is 0.206 e. The highest BCUT2D eigenvalue weighted by Gasteiger charge is 2.18. The first-order valence-corrected chi connectivity index (χ1v) is 11.7. The third-order valence-corrected chi connectivity index (χ3v) is 6.78. The predicted molar refractivity (Wildman–Crippen MR) is 121 cm³/mol. The molecule has 0 fully saturated rings. The minimum atomic E-state index is -3.63. The van der Waals surface area contributed by atoms with Gasteiger partial charge in [-0.15, -0.1) is 0 Å². The molecule has 0 aliphatic carbocycles. The Labute approximate surface area is 186 Å². The first kappa shape index (κ1) is 21.7. The Bertz CT molecular complexity index is 1340. The Morgan fingerprint density at radius 3 is 2.31 bits per heavy atom. The van der Waals surface area contributed by atoms with E-state index in [2.05, 4.69) is 15.2 Å². The molecule has 0 atom stereocenters. The normalized spacial score (nSPS) is 11.7. The number of nitrogens with zero attached hydrogens (tertiary/aromatic N) is 2. The molecule has 0 spiro atoms. The summed E-state index contributed by atoms with van der Waals surface area (Å²) in [6, 6.07) is 14.8. The number of pyridine rings is 1. The Kier molecular flexibility index (Phi) is 6.05. The summed E-state index contributed by atoms with van der Waals surface area (Å²) in [6.07, 6.45) is 3.99. The van der Waals surface area contributed by atoms with Crippen LogP contribution in [0.4, 0.5) is 0 Å². The van der Waals surface area contributed by atoms with Crippen LogP contribution in [0.5, 0.6) is 5.75 Å². The molecule has 0 unspecified atom stereocenters.